The van der Waals surface area contributed by atoms with Crippen LogP contribution in [0.3, 0.4) is 0 Å². The maximum Gasteiger partial charge on any atom is 0.344 e. The Morgan fingerprint density at radius 2 is 2.19 bits per heavy atom. The van der Waals surface area contributed by atoms with E-state index in [0.717, 1.165) is 25.0 Å². The fourth-order valence-electron chi connectivity index (χ4n) is 2.70. The minimum absolute atomic E-state index is 0.158. The van der Waals surface area contributed by atoms with E-state index >= 15 is 0 Å². The Kier molecular flexibility index (Phi) is 5.56. The predicted molar refractivity (Wildman–Crippen MR) is 93.8 cm³/mol. The molecule has 0 spiro atoms. The Balaban J connectivity index is 1.60. The van der Waals surface area contributed by atoms with Crippen LogP contribution in [0.4, 0.5) is 0 Å². The first-order valence-corrected chi connectivity index (χ1v) is 8.78. The normalized spacial score (nSPS) is 17.3. The quantitative estimate of drug-likeness (QED) is 0.732. The fourth-order valence-corrected chi connectivity index (χ4v) is 2.70. The van der Waals surface area contributed by atoms with Crippen molar-refractivity contribution in [1.29, 1.82) is 0 Å². The molecule has 1 fully saturated rings. The molecule has 0 saturated carbocycles. The van der Waals surface area contributed by atoms with Gasteiger partial charge in [-0.15, -0.1) is 0 Å². The van der Waals surface area contributed by atoms with Crippen LogP contribution < -0.4 is 4.74 Å². The third-order valence-electron chi connectivity index (χ3n) is 3.76. The van der Waals surface area contributed by atoms with E-state index in [-0.39, 0.29) is 12.7 Å². The van der Waals surface area contributed by atoms with E-state index in [1.807, 2.05) is 32.9 Å². The zero-order valence-corrected chi connectivity index (χ0v) is 15.4. The molecule has 0 bridgehead atoms. The number of nitrogens with zero attached hydrogens (tertiary/aromatic N) is 2. The van der Waals surface area contributed by atoms with Crippen LogP contribution in [0.15, 0.2) is 28.8 Å². The van der Waals surface area contributed by atoms with Crippen molar-refractivity contribution in [2.24, 2.45) is 0 Å². The molecule has 1 atom stereocenters. The van der Waals surface area contributed by atoms with E-state index < -0.39 is 11.6 Å². The van der Waals surface area contributed by atoms with Gasteiger partial charge < -0.3 is 18.7 Å². The van der Waals surface area contributed by atoms with Gasteiger partial charge in [0, 0.05) is 18.6 Å². The largest absolute Gasteiger partial charge is 0.482 e. The Labute approximate surface area is 152 Å². The molecule has 26 heavy (non-hydrogen) atoms. The molecule has 0 N–H and O–H groups in total. The third-order valence-corrected chi connectivity index (χ3v) is 3.76. The number of aromatic nitrogens is 2. The molecule has 2 aromatic rings. The van der Waals surface area contributed by atoms with Gasteiger partial charge in [-0.05, 0) is 51.8 Å². The highest BCUT2D eigenvalue weighted by Gasteiger charge is 2.20. The van der Waals surface area contributed by atoms with Crippen molar-refractivity contribution in [3.05, 3.63) is 30.1 Å². The second-order valence-electron chi connectivity index (χ2n) is 7.26. The fraction of sp³-hybridized carbons (Fsp3) is 0.526. The van der Waals surface area contributed by atoms with Crippen LogP contribution in [0, 0.1) is 0 Å². The molecule has 1 aromatic heterocycles. The lowest BCUT2D eigenvalue weighted by atomic mass is 10.2. The number of carbonyl (C=O) groups excluding carboxylic acids is 1. The van der Waals surface area contributed by atoms with E-state index in [2.05, 4.69) is 10.1 Å². The van der Waals surface area contributed by atoms with Crippen molar-refractivity contribution in [3.8, 4) is 17.2 Å². The first kappa shape index (κ1) is 18.4. The molecule has 7 nitrogen and oxygen atoms in total. The van der Waals surface area contributed by atoms with E-state index in [4.69, 9.17) is 18.7 Å². The smallest absolute Gasteiger partial charge is 0.344 e. The van der Waals surface area contributed by atoms with Crippen molar-refractivity contribution in [2.45, 2.75) is 51.7 Å². The lowest BCUT2D eigenvalue weighted by molar-refractivity contribution is -0.157. The van der Waals surface area contributed by atoms with Gasteiger partial charge in [-0.25, -0.2) is 4.79 Å². The number of hydrogen-bond acceptors (Lipinski definition) is 7. The maximum atomic E-state index is 11.8. The van der Waals surface area contributed by atoms with Gasteiger partial charge in [0.2, 0.25) is 0 Å². The van der Waals surface area contributed by atoms with Crippen molar-refractivity contribution in [3.63, 3.8) is 0 Å². The maximum absolute atomic E-state index is 11.8. The summed E-state index contributed by atoms with van der Waals surface area (Å²) in [5, 5.41) is 4.02. The molecule has 1 aromatic carbocycles. The van der Waals surface area contributed by atoms with Crippen LogP contribution in [0.2, 0.25) is 0 Å². The van der Waals surface area contributed by atoms with Gasteiger partial charge >= 0.3 is 5.97 Å². The van der Waals surface area contributed by atoms with Crippen molar-refractivity contribution in [1.82, 2.24) is 10.1 Å². The molecule has 1 unspecified atom stereocenters. The predicted octanol–water partition coefficient (Wildman–Crippen LogP) is 3.18. The van der Waals surface area contributed by atoms with Gasteiger partial charge in [0.25, 0.3) is 5.89 Å². The molecule has 1 saturated heterocycles. The van der Waals surface area contributed by atoms with Gasteiger partial charge in [-0.3, -0.25) is 0 Å². The van der Waals surface area contributed by atoms with Crippen molar-refractivity contribution in [2.75, 3.05) is 13.2 Å². The van der Waals surface area contributed by atoms with Crippen LogP contribution in [0.1, 0.15) is 39.4 Å². The van der Waals surface area contributed by atoms with Gasteiger partial charge in [-0.2, -0.15) is 4.98 Å². The topological polar surface area (TPSA) is 83.7 Å². The Bertz CT molecular complexity index is 744. The lowest BCUT2D eigenvalue weighted by Gasteiger charge is -2.19. The molecule has 0 radical (unpaired) electrons. The zero-order valence-electron chi connectivity index (χ0n) is 15.4. The third kappa shape index (κ3) is 5.29. The van der Waals surface area contributed by atoms with E-state index in [9.17, 15) is 4.79 Å². The molecule has 1 aliphatic rings. The second kappa shape index (κ2) is 7.86. The van der Waals surface area contributed by atoms with Crippen molar-refractivity contribution >= 4 is 5.97 Å². The minimum Gasteiger partial charge on any atom is -0.482 e. The lowest BCUT2D eigenvalue weighted by Crippen LogP contribution is -2.27. The minimum atomic E-state index is -0.536. The average Bonchev–Trinajstić information content (AvgIpc) is 3.24. The van der Waals surface area contributed by atoms with Gasteiger partial charge in [0.15, 0.2) is 12.4 Å². The summed E-state index contributed by atoms with van der Waals surface area (Å²) in [6, 6.07) is 7.18. The number of ether oxygens (including phenoxy) is 3. The molecule has 0 amide bonds. The monoisotopic (exact) mass is 360 g/mol. The summed E-state index contributed by atoms with van der Waals surface area (Å²) < 4.78 is 21.7. The number of hydrogen-bond donors (Lipinski definition) is 0. The molecule has 140 valence electrons. The van der Waals surface area contributed by atoms with Crippen LogP contribution in [0.25, 0.3) is 11.5 Å². The Morgan fingerprint density at radius 1 is 1.35 bits per heavy atom. The highest BCUT2D eigenvalue weighted by Crippen LogP contribution is 2.24. The van der Waals surface area contributed by atoms with E-state index in [1.54, 1.807) is 12.1 Å². The molecule has 2 heterocycles. The van der Waals surface area contributed by atoms with Crippen LogP contribution in [-0.4, -0.2) is 41.0 Å². The first-order valence-electron chi connectivity index (χ1n) is 8.78. The molecular weight excluding hydrogens is 336 g/mol. The molecule has 3 rings (SSSR count). The number of rotatable bonds is 6. The molecule has 7 heteroatoms. The van der Waals surface area contributed by atoms with Gasteiger partial charge in [-0.1, -0.05) is 11.2 Å². The summed E-state index contributed by atoms with van der Waals surface area (Å²) in [6.45, 7) is 6.08. The summed E-state index contributed by atoms with van der Waals surface area (Å²) in [7, 11) is 0. The SMILES string of the molecule is CC(C)(C)OC(=O)COc1cccc(-c2nc(CC3CCCO3)no2)c1. The highest BCUT2D eigenvalue weighted by atomic mass is 16.6. The van der Waals surface area contributed by atoms with E-state index in [1.165, 1.54) is 0 Å². The standard InChI is InChI=1S/C19H24N2O5/c1-19(2,3)25-17(22)12-24-14-7-4-6-13(10-14)18-20-16(21-26-18)11-15-8-5-9-23-15/h4,6-7,10,15H,5,8-9,11-12H2,1-3H3. The molecular formula is C19H24N2O5. The number of esters is 1. The van der Waals surface area contributed by atoms with Crippen LogP contribution >= 0.6 is 0 Å². The molecule has 1 aliphatic heterocycles. The van der Waals surface area contributed by atoms with Gasteiger partial charge in [0.1, 0.15) is 11.4 Å². The van der Waals surface area contributed by atoms with E-state index in [0.29, 0.717) is 23.9 Å². The first-order chi connectivity index (χ1) is 12.4. The second-order valence-corrected chi connectivity index (χ2v) is 7.26. The Morgan fingerprint density at radius 3 is 2.92 bits per heavy atom. The summed E-state index contributed by atoms with van der Waals surface area (Å²) in [6.07, 6.45) is 2.92. The van der Waals surface area contributed by atoms with Crippen molar-refractivity contribution < 1.29 is 23.5 Å². The number of benzene rings is 1. The number of carbonyl (C=O) groups is 1. The van der Waals surface area contributed by atoms with Crippen LogP contribution in [0.5, 0.6) is 5.75 Å². The summed E-state index contributed by atoms with van der Waals surface area (Å²) in [5.74, 6) is 1.17. The van der Waals surface area contributed by atoms with Gasteiger partial charge in [0.05, 0.1) is 6.10 Å². The zero-order chi connectivity index (χ0) is 18.6. The van der Waals surface area contributed by atoms with Crippen LogP contribution in [-0.2, 0) is 20.7 Å². The average molecular weight is 360 g/mol. The highest BCUT2D eigenvalue weighted by molar-refractivity contribution is 5.71. The summed E-state index contributed by atoms with van der Waals surface area (Å²) >= 11 is 0. The summed E-state index contributed by atoms with van der Waals surface area (Å²) in [4.78, 5) is 16.2. The Hall–Kier alpha value is -2.41. The molecule has 0 aliphatic carbocycles. The summed E-state index contributed by atoms with van der Waals surface area (Å²) in [5.41, 5.74) is 0.198.